The van der Waals surface area contributed by atoms with E-state index in [1.54, 1.807) is 17.3 Å². The van der Waals surface area contributed by atoms with Crippen molar-refractivity contribution >= 4 is 17.2 Å². The van der Waals surface area contributed by atoms with Crippen LogP contribution in [0.2, 0.25) is 0 Å². The molecule has 7 heteroatoms. The van der Waals surface area contributed by atoms with E-state index in [-0.39, 0.29) is 12.0 Å². The highest BCUT2D eigenvalue weighted by molar-refractivity contribution is 7.11. The van der Waals surface area contributed by atoms with E-state index >= 15 is 0 Å². The Kier molecular flexibility index (Phi) is 3.60. The van der Waals surface area contributed by atoms with Crippen molar-refractivity contribution in [1.82, 2.24) is 19.9 Å². The molecule has 0 aliphatic carbocycles. The third kappa shape index (κ3) is 2.77. The number of likely N-dealkylation sites (tertiary alicyclic amines) is 1. The largest absolute Gasteiger partial charge is 0.465 e. The van der Waals surface area contributed by atoms with Crippen molar-refractivity contribution in [1.29, 1.82) is 0 Å². The number of carbonyl (C=O) groups is 1. The summed E-state index contributed by atoms with van der Waals surface area (Å²) in [7, 11) is 0. The van der Waals surface area contributed by atoms with Crippen molar-refractivity contribution in [3.05, 3.63) is 35.4 Å². The molecule has 2 aromatic rings. The van der Waals surface area contributed by atoms with Crippen molar-refractivity contribution in [2.24, 2.45) is 0 Å². The van der Waals surface area contributed by atoms with Gasteiger partial charge in [0.25, 0.3) is 11.1 Å². The van der Waals surface area contributed by atoms with E-state index in [0.717, 1.165) is 12.1 Å². The quantitative estimate of drug-likeness (QED) is 0.857. The molecule has 6 nitrogen and oxygen atoms in total. The molecule has 1 saturated heterocycles. The van der Waals surface area contributed by atoms with Gasteiger partial charge < -0.3 is 9.64 Å². The second-order valence-electron chi connectivity index (χ2n) is 4.62. The molecule has 1 amide bonds. The first-order valence-corrected chi connectivity index (χ1v) is 7.24. The van der Waals surface area contributed by atoms with Gasteiger partial charge in [0.2, 0.25) is 0 Å². The summed E-state index contributed by atoms with van der Waals surface area (Å²) in [6, 6.07) is 0. The minimum absolute atomic E-state index is 0.00325. The fraction of sp³-hybridized carbons (Fsp3) is 0.385. The van der Waals surface area contributed by atoms with Gasteiger partial charge in [-0.05, 0) is 6.92 Å². The standard InChI is InChI=1S/C13H14N4O2S/c1-9-6-16-11(7-15-9)12(18)17-4-2-10(8-17)19-13-14-3-5-20-13/h3,5-7,10H,2,4,8H2,1H3. The van der Waals surface area contributed by atoms with Gasteiger partial charge in [0.1, 0.15) is 11.8 Å². The Balaban J connectivity index is 1.62. The molecule has 0 spiro atoms. The maximum Gasteiger partial charge on any atom is 0.274 e. The van der Waals surface area contributed by atoms with Crippen molar-refractivity contribution in [2.75, 3.05) is 13.1 Å². The third-order valence-electron chi connectivity index (χ3n) is 3.11. The van der Waals surface area contributed by atoms with Gasteiger partial charge in [-0.3, -0.25) is 9.78 Å². The molecule has 1 aliphatic heterocycles. The number of aryl methyl sites for hydroxylation is 1. The van der Waals surface area contributed by atoms with Crippen molar-refractivity contribution < 1.29 is 9.53 Å². The molecule has 0 N–H and O–H groups in total. The third-order valence-corrected chi connectivity index (χ3v) is 3.77. The molecular weight excluding hydrogens is 276 g/mol. The molecule has 3 rings (SSSR count). The zero-order chi connectivity index (χ0) is 13.9. The number of ether oxygens (including phenoxy) is 1. The first-order chi connectivity index (χ1) is 9.72. The predicted octanol–water partition coefficient (Wildman–Crippen LogP) is 1.54. The molecule has 0 bridgehead atoms. The van der Waals surface area contributed by atoms with Gasteiger partial charge in [-0.1, -0.05) is 11.3 Å². The van der Waals surface area contributed by atoms with Crippen LogP contribution in [0.3, 0.4) is 0 Å². The highest BCUT2D eigenvalue weighted by Gasteiger charge is 2.29. The van der Waals surface area contributed by atoms with E-state index in [1.807, 2.05) is 12.3 Å². The average molecular weight is 290 g/mol. The van der Waals surface area contributed by atoms with Crippen LogP contribution in [0.1, 0.15) is 22.6 Å². The summed E-state index contributed by atoms with van der Waals surface area (Å²) in [5.74, 6) is -0.0947. The highest BCUT2D eigenvalue weighted by atomic mass is 32.1. The number of hydrogen-bond acceptors (Lipinski definition) is 6. The Morgan fingerprint density at radius 2 is 2.30 bits per heavy atom. The van der Waals surface area contributed by atoms with E-state index < -0.39 is 0 Å². The van der Waals surface area contributed by atoms with Crippen LogP contribution in [0.4, 0.5) is 0 Å². The summed E-state index contributed by atoms with van der Waals surface area (Å²) in [6.07, 6.45) is 5.65. The Bertz CT molecular complexity index is 585. The van der Waals surface area contributed by atoms with Gasteiger partial charge in [0.05, 0.1) is 18.4 Å². The zero-order valence-corrected chi connectivity index (χ0v) is 11.8. The number of thiazole rings is 1. The number of amides is 1. The van der Waals surface area contributed by atoms with Crippen LogP contribution in [0.25, 0.3) is 0 Å². The van der Waals surface area contributed by atoms with Gasteiger partial charge in [-0.25, -0.2) is 9.97 Å². The fourth-order valence-corrected chi connectivity index (χ4v) is 2.64. The number of aromatic nitrogens is 3. The maximum atomic E-state index is 12.3. The van der Waals surface area contributed by atoms with Crippen LogP contribution in [-0.4, -0.2) is 45.0 Å². The van der Waals surface area contributed by atoms with Crippen molar-refractivity contribution in [3.63, 3.8) is 0 Å². The van der Waals surface area contributed by atoms with Crippen LogP contribution in [0.15, 0.2) is 24.0 Å². The second-order valence-corrected chi connectivity index (χ2v) is 5.48. The number of carbonyl (C=O) groups excluding carboxylic acids is 1. The van der Waals surface area contributed by atoms with Crippen LogP contribution in [0.5, 0.6) is 5.19 Å². The lowest BCUT2D eigenvalue weighted by Crippen LogP contribution is -2.31. The van der Waals surface area contributed by atoms with Gasteiger partial charge in [0, 0.05) is 30.7 Å². The smallest absolute Gasteiger partial charge is 0.274 e. The average Bonchev–Trinajstić information content (AvgIpc) is 3.11. The van der Waals surface area contributed by atoms with Crippen molar-refractivity contribution in [2.45, 2.75) is 19.4 Å². The summed E-state index contributed by atoms with van der Waals surface area (Å²) in [5, 5.41) is 2.52. The van der Waals surface area contributed by atoms with Crippen LogP contribution in [0, 0.1) is 6.92 Å². The Labute approximate surface area is 120 Å². The highest BCUT2D eigenvalue weighted by Crippen LogP contribution is 2.21. The fourth-order valence-electron chi connectivity index (χ4n) is 2.09. The van der Waals surface area contributed by atoms with E-state index in [1.165, 1.54) is 17.5 Å². The van der Waals surface area contributed by atoms with E-state index in [9.17, 15) is 4.79 Å². The van der Waals surface area contributed by atoms with Crippen LogP contribution < -0.4 is 4.74 Å². The van der Waals surface area contributed by atoms with Gasteiger partial charge >= 0.3 is 0 Å². The minimum atomic E-state index is -0.0947. The molecule has 0 aromatic carbocycles. The molecule has 0 saturated carbocycles. The first-order valence-electron chi connectivity index (χ1n) is 6.36. The molecule has 20 heavy (non-hydrogen) atoms. The second kappa shape index (κ2) is 5.54. The molecule has 104 valence electrons. The van der Waals surface area contributed by atoms with Crippen LogP contribution >= 0.6 is 11.3 Å². The topological polar surface area (TPSA) is 68.2 Å². The predicted molar refractivity (Wildman–Crippen MR) is 73.8 cm³/mol. The monoisotopic (exact) mass is 290 g/mol. The molecule has 1 atom stereocenters. The molecule has 0 radical (unpaired) electrons. The summed E-state index contributed by atoms with van der Waals surface area (Å²) < 4.78 is 5.73. The molecule has 1 unspecified atom stereocenters. The Morgan fingerprint density at radius 3 is 3.00 bits per heavy atom. The van der Waals surface area contributed by atoms with Gasteiger partial charge in [-0.15, -0.1) is 0 Å². The molecule has 1 fully saturated rings. The summed E-state index contributed by atoms with van der Waals surface area (Å²) >= 11 is 1.46. The van der Waals surface area contributed by atoms with Gasteiger partial charge in [0.15, 0.2) is 0 Å². The summed E-state index contributed by atoms with van der Waals surface area (Å²) in [4.78, 5) is 26.3. The molecule has 3 heterocycles. The summed E-state index contributed by atoms with van der Waals surface area (Å²) in [6.45, 7) is 3.08. The first kappa shape index (κ1) is 13.0. The lowest BCUT2D eigenvalue weighted by atomic mass is 10.3. The van der Waals surface area contributed by atoms with E-state index in [2.05, 4.69) is 15.0 Å². The van der Waals surface area contributed by atoms with Crippen LogP contribution in [-0.2, 0) is 0 Å². The minimum Gasteiger partial charge on any atom is -0.465 e. The Hall–Kier alpha value is -2.02. The van der Waals surface area contributed by atoms with E-state index in [4.69, 9.17) is 4.74 Å². The van der Waals surface area contributed by atoms with Gasteiger partial charge in [-0.2, -0.15) is 0 Å². The molecule has 1 aliphatic rings. The van der Waals surface area contributed by atoms with E-state index in [0.29, 0.717) is 24.0 Å². The molecular formula is C13H14N4O2S. The maximum absolute atomic E-state index is 12.3. The number of nitrogens with zero attached hydrogens (tertiary/aromatic N) is 4. The SMILES string of the molecule is Cc1cnc(C(=O)N2CCC(Oc3nccs3)C2)cn1. The lowest BCUT2D eigenvalue weighted by Gasteiger charge is -2.15. The van der Waals surface area contributed by atoms with Crippen molar-refractivity contribution in [3.8, 4) is 5.19 Å². The summed E-state index contributed by atoms with van der Waals surface area (Å²) in [5.41, 5.74) is 1.18. The number of hydrogen-bond donors (Lipinski definition) is 0. The molecule has 2 aromatic heterocycles. The lowest BCUT2D eigenvalue weighted by molar-refractivity contribution is 0.0766. The zero-order valence-electron chi connectivity index (χ0n) is 11.0. The normalized spacial score (nSPS) is 18.2. The number of rotatable bonds is 3. The Morgan fingerprint density at radius 1 is 1.40 bits per heavy atom.